The van der Waals surface area contributed by atoms with Crippen LogP contribution in [0.1, 0.15) is 17.0 Å². The molecule has 0 bridgehead atoms. The van der Waals surface area contributed by atoms with E-state index in [1.807, 2.05) is 66.7 Å². The monoisotopic (exact) mass is 342 g/mol. The van der Waals surface area contributed by atoms with E-state index < -0.39 is 0 Å². The topological polar surface area (TPSA) is 38.9 Å². The van der Waals surface area contributed by atoms with Crippen LogP contribution in [0.15, 0.2) is 89.5 Å². The van der Waals surface area contributed by atoms with E-state index in [-0.39, 0.29) is 5.82 Å². The van der Waals surface area contributed by atoms with E-state index >= 15 is 0 Å². The zero-order valence-corrected chi connectivity index (χ0v) is 13.8. The minimum atomic E-state index is -0.300. The highest BCUT2D eigenvalue weighted by molar-refractivity contribution is 5.88. The molecule has 126 valence electrons. The lowest BCUT2D eigenvalue weighted by Gasteiger charge is -2.03. The predicted molar refractivity (Wildman–Crippen MR) is 99.5 cm³/mol. The van der Waals surface area contributed by atoms with Gasteiger partial charge in [-0.3, -0.25) is 0 Å². The van der Waals surface area contributed by atoms with Crippen LogP contribution in [-0.4, -0.2) is 10.1 Å². The molecule has 0 aliphatic heterocycles. The Hall–Kier alpha value is -3.53. The van der Waals surface area contributed by atoms with Crippen molar-refractivity contribution in [1.29, 1.82) is 0 Å². The SMILES string of the molecule is Fc1ccc(-c2noc(/C(=C\c3ccccc3)c3ccccc3)n2)cc1. The van der Waals surface area contributed by atoms with E-state index in [0.717, 1.165) is 16.7 Å². The lowest BCUT2D eigenvalue weighted by Crippen LogP contribution is -1.89. The fraction of sp³-hybridized carbons (Fsp3) is 0. The molecule has 0 amide bonds. The third-order valence-corrected chi connectivity index (χ3v) is 3.95. The summed E-state index contributed by atoms with van der Waals surface area (Å²) in [5.41, 5.74) is 3.55. The number of hydrogen-bond acceptors (Lipinski definition) is 3. The molecular formula is C22H15FN2O. The van der Waals surface area contributed by atoms with Crippen LogP contribution in [0.3, 0.4) is 0 Å². The van der Waals surface area contributed by atoms with Crippen LogP contribution >= 0.6 is 0 Å². The molecule has 3 aromatic carbocycles. The lowest BCUT2D eigenvalue weighted by atomic mass is 10.0. The van der Waals surface area contributed by atoms with Gasteiger partial charge in [-0.1, -0.05) is 65.8 Å². The molecule has 1 aromatic heterocycles. The first kappa shape index (κ1) is 16.0. The predicted octanol–water partition coefficient (Wildman–Crippen LogP) is 5.46. The van der Waals surface area contributed by atoms with Crippen LogP contribution in [0.5, 0.6) is 0 Å². The summed E-state index contributed by atoms with van der Waals surface area (Å²) in [5.74, 6) is 0.542. The van der Waals surface area contributed by atoms with Crippen molar-refractivity contribution in [2.45, 2.75) is 0 Å². The minimum Gasteiger partial charge on any atom is -0.334 e. The van der Waals surface area contributed by atoms with Gasteiger partial charge >= 0.3 is 0 Å². The number of benzene rings is 3. The van der Waals surface area contributed by atoms with E-state index in [1.54, 1.807) is 12.1 Å². The van der Waals surface area contributed by atoms with Crippen LogP contribution in [0.4, 0.5) is 4.39 Å². The van der Waals surface area contributed by atoms with Gasteiger partial charge in [-0.05, 0) is 41.5 Å². The first-order valence-corrected chi connectivity index (χ1v) is 8.22. The van der Waals surface area contributed by atoms with E-state index in [0.29, 0.717) is 17.3 Å². The Morgan fingerprint density at radius 1 is 0.808 bits per heavy atom. The minimum absolute atomic E-state index is 0.300. The molecule has 0 fully saturated rings. The van der Waals surface area contributed by atoms with Gasteiger partial charge in [0.1, 0.15) is 5.82 Å². The highest BCUT2D eigenvalue weighted by atomic mass is 19.1. The molecular weight excluding hydrogens is 327 g/mol. The van der Waals surface area contributed by atoms with Gasteiger partial charge in [0.2, 0.25) is 5.82 Å². The third-order valence-electron chi connectivity index (χ3n) is 3.95. The summed E-state index contributed by atoms with van der Waals surface area (Å²) >= 11 is 0. The normalized spacial score (nSPS) is 11.5. The summed E-state index contributed by atoms with van der Waals surface area (Å²) in [4.78, 5) is 4.51. The van der Waals surface area contributed by atoms with Crippen LogP contribution in [-0.2, 0) is 0 Å². The number of aromatic nitrogens is 2. The maximum Gasteiger partial charge on any atom is 0.258 e. The number of halogens is 1. The van der Waals surface area contributed by atoms with Gasteiger partial charge in [0.05, 0.1) is 0 Å². The molecule has 0 N–H and O–H groups in total. The zero-order valence-electron chi connectivity index (χ0n) is 13.8. The molecule has 0 saturated heterocycles. The maximum atomic E-state index is 13.1. The molecule has 1 heterocycles. The highest BCUT2D eigenvalue weighted by Gasteiger charge is 2.15. The Bertz CT molecular complexity index is 1020. The summed E-state index contributed by atoms with van der Waals surface area (Å²) in [5, 5.41) is 4.05. The van der Waals surface area contributed by atoms with E-state index in [9.17, 15) is 4.39 Å². The van der Waals surface area contributed by atoms with E-state index in [2.05, 4.69) is 10.1 Å². The largest absolute Gasteiger partial charge is 0.334 e. The van der Waals surface area contributed by atoms with Crippen molar-refractivity contribution in [3.63, 3.8) is 0 Å². The lowest BCUT2D eigenvalue weighted by molar-refractivity contribution is 0.409. The van der Waals surface area contributed by atoms with Gasteiger partial charge in [0.25, 0.3) is 5.89 Å². The Labute approximate surface area is 150 Å². The molecule has 0 radical (unpaired) electrons. The van der Waals surface area contributed by atoms with Crippen molar-refractivity contribution in [1.82, 2.24) is 10.1 Å². The summed E-state index contributed by atoms with van der Waals surface area (Å²) < 4.78 is 18.6. The first-order valence-electron chi connectivity index (χ1n) is 8.22. The molecule has 0 aliphatic carbocycles. The molecule has 0 aliphatic rings. The Balaban J connectivity index is 1.78. The fourth-order valence-corrected chi connectivity index (χ4v) is 2.65. The van der Waals surface area contributed by atoms with Gasteiger partial charge in [0, 0.05) is 11.1 Å². The molecule has 4 rings (SSSR count). The third kappa shape index (κ3) is 3.44. The van der Waals surface area contributed by atoms with E-state index in [4.69, 9.17) is 4.52 Å². The second-order valence-electron chi connectivity index (χ2n) is 5.76. The van der Waals surface area contributed by atoms with E-state index in [1.165, 1.54) is 12.1 Å². The summed E-state index contributed by atoms with van der Waals surface area (Å²) in [6.07, 6.45) is 2.01. The van der Waals surface area contributed by atoms with Gasteiger partial charge < -0.3 is 4.52 Å². The van der Waals surface area contributed by atoms with Gasteiger partial charge in [-0.2, -0.15) is 4.98 Å². The molecule has 0 saturated carbocycles. The standard InChI is InChI=1S/C22H15FN2O/c23-19-13-11-18(12-14-19)21-24-22(26-25-21)20(17-9-5-2-6-10-17)15-16-7-3-1-4-8-16/h1-15H/b20-15-. The molecule has 0 atom stereocenters. The number of rotatable bonds is 4. The zero-order chi connectivity index (χ0) is 17.8. The molecule has 4 heteroatoms. The Morgan fingerprint density at radius 2 is 1.46 bits per heavy atom. The van der Waals surface area contributed by atoms with Crippen LogP contribution in [0.2, 0.25) is 0 Å². The molecule has 0 unspecified atom stereocenters. The van der Waals surface area contributed by atoms with Crippen molar-refractivity contribution in [2.24, 2.45) is 0 Å². The van der Waals surface area contributed by atoms with Crippen molar-refractivity contribution in [3.05, 3.63) is 108 Å². The van der Waals surface area contributed by atoms with Gasteiger partial charge in [-0.15, -0.1) is 0 Å². The Morgan fingerprint density at radius 3 is 2.15 bits per heavy atom. The molecule has 3 nitrogen and oxygen atoms in total. The second-order valence-corrected chi connectivity index (χ2v) is 5.76. The van der Waals surface area contributed by atoms with Crippen molar-refractivity contribution in [3.8, 4) is 11.4 Å². The summed E-state index contributed by atoms with van der Waals surface area (Å²) in [6.45, 7) is 0. The summed E-state index contributed by atoms with van der Waals surface area (Å²) in [7, 11) is 0. The smallest absolute Gasteiger partial charge is 0.258 e. The second kappa shape index (κ2) is 7.15. The average molecular weight is 342 g/mol. The first-order chi connectivity index (χ1) is 12.8. The van der Waals surface area contributed by atoms with Gasteiger partial charge in [-0.25, -0.2) is 4.39 Å². The van der Waals surface area contributed by atoms with Crippen molar-refractivity contribution >= 4 is 11.6 Å². The van der Waals surface area contributed by atoms with Crippen molar-refractivity contribution < 1.29 is 8.91 Å². The molecule has 26 heavy (non-hydrogen) atoms. The quantitative estimate of drug-likeness (QED) is 0.462. The van der Waals surface area contributed by atoms with Crippen LogP contribution in [0.25, 0.3) is 23.0 Å². The number of nitrogens with zero attached hydrogens (tertiary/aromatic N) is 2. The fourth-order valence-electron chi connectivity index (χ4n) is 2.65. The highest BCUT2D eigenvalue weighted by Crippen LogP contribution is 2.27. The van der Waals surface area contributed by atoms with Crippen molar-refractivity contribution in [2.75, 3.05) is 0 Å². The molecule has 4 aromatic rings. The summed E-state index contributed by atoms with van der Waals surface area (Å²) in [6, 6.07) is 25.9. The number of hydrogen-bond donors (Lipinski definition) is 0. The maximum absolute atomic E-state index is 13.1. The Kier molecular flexibility index (Phi) is 4.39. The van der Waals surface area contributed by atoms with Crippen LogP contribution in [0, 0.1) is 5.82 Å². The molecule has 0 spiro atoms. The average Bonchev–Trinajstić information content (AvgIpc) is 3.18. The van der Waals surface area contributed by atoms with Gasteiger partial charge in [0.15, 0.2) is 0 Å². The van der Waals surface area contributed by atoms with Crippen LogP contribution < -0.4 is 0 Å².